The molecule has 0 bridgehead atoms. The third-order valence-corrected chi connectivity index (χ3v) is 5.89. The van der Waals surface area contributed by atoms with E-state index in [9.17, 15) is 13.2 Å². The van der Waals surface area contributed by atoms with Gasteiger partial charge in [-0.25, -0.2) is 8.42 Å². The maximum Gasteiger partial charge on any atom is 0.248 e. The molecular formula is C14H22ClN3O3S. The molecule has 1 aromatic rings. The second kappa shape index (κ2) is 7.41. The maximum atomic E-state index is 12.6. The fourth-order valence-electron chi connectivity index (χ4n) is 2.60. The van der Waals surface area contributed by atoms with Crippen molar-refractivity contribution in [1.82, 2.24) is 4.31 Å². The maximum absolute atomic E-state index is 12.6. The molecule has 0 radical (unpaired) electrons. The summed E-state index contributed by atoms with van der Waals surface area (Å²) in [6.07, 6.45) is 1.51. The molecule has 1 heterocycles. The lowest BCUT2D eigenvalue weighted by molar-refractivity contribution is 0.1000. The summed E-state index contributed by atoms with van der Waals surface area (Å²) in [5.74, 6) is -0.281. The van der Waals surface area contributed by atoms with Crippen LogP contribution in [0.25, 0.3) is 0 Å². The summed E-state index contributed by atoms with van der Waals surface area (Å²) < 4.78 is 26.6. The molecule has 0 aromatic heterocycles. The van der Waals surface area contributed by atoms with E-state index in [0.717, 1.165) is 12.8 Å². The van der Waals surface area contributed by atoms with Crippen LogP contribution in [0.1, 0.15) is 30.1 Å². The van der Waals surface area contributed by atoms with E-state index in [1.165, 1.54) is 28.6 Å². The first-order chi connectivity index (χ1) is 9.82. The van der Waals surface area contributed by atoms with Crippen molar-refractivity contribution in [3.8, 4) is 0 Å². The van der Waals surface area contributed by atoms with Crippen LogP contribution in [-0.4, -0.2) is 37.8 Å². The van der Waals surface area contributed by atoms with Crippen LogP contribution in [0.15, 0.2) is 29.2 Å². The van der Waals surface area contributed by atoms with Crippen LogP contribution in [0, 0.1) is 5.92 Å². The van der Waals surface area contributed by atoms with Gasteiger partial charge in [-0.15, -0.1) is 12.4 Å². The highest BCUT2D eigenvalue weighted by molar-refractivity contribution is 7.89. The highest BCUT2D eigenvalue weighted by Gasteiger charge is 2.30. The standard InChI is InChI=1S/C14H21N3O3S.ClH/c1-10(15)11-5-7-17(8-6-11)21(19,20)13-4-2-3-12(9-13)14(16)18;/h2-4,9-11H,5-8,15H2,1H3,(H2,16,18);1H. The second-order valence-electron chi connectivity index (χ2n) is 5.49. The number of benzene rings is 1. The lowest BCUT2D eigenvalue weighted by Gasteiger charge is -2.32. The number of sulfonamides is 1. The van der Waals surface area contributed by atoms with Crippen molar-refractivity contribution < 1.29 is 13.2 Å². The SMILES string of the molecule is CC(N)C1CCN(S(=O)(=O)c2cccc(C(N)=O)c2)CC1.Cl. The van der Waals surface area contributed by atoms with Crippen molar-refractivity contribution in [3.63, 3.8) is 0 Å². The molecule has 2 rings (SSSR count). The zero-order valence-electron chi connectivity index (χ0n) is 12.4. The Bertz CT molecular complexity index is 626. The van der Waals surface area contributed by atoms with Gasteiger partial charge in [0, 0.05) is 24.7 Å². The molecule has 1 unspecified atom stereocenters. The third kappa shape index (κ3) is 3.98. The number of hydrogen-bond acceptors (Lipinski definition) is 4. The first-order valence-corrected chi connectivity index (χ1v) is 8.42. The number of nitrogens with zero attached hydrogens (tertiary/aromatic N) is 1. The van der Waals surface area contributed by atoms with Crippen LogP contribution in [0.4, 0.5) is 0 Å². The normalized spacial score (nSPS) is 18.5. The van der Waals surface area contributed by atoms with Crippen LogP contribution >= 0.6 is 12.4 Å². The van der Waals surface area contributed by atoms with Crippen molar-refractivity contribution in [1.29, 1.82) is 0 Å². The van der Waals surface area contributed by atoms with Gasteiger partial charge in [0.25, 0.3) is 0 Å². The largest absolute Gasteiger partial charge is 0.366 e. The minimum atomic E-state index is -3.58. The average molecular weight is 348 g/mol. The lowest BCUT2D eigenvalue weighted by atomic mass is 9.92. The molecule has 22 heavy (non-hydrogen) atoms. The fraction of sp³-hybridized carbons (Fsp3) is 0.500. The Hall–Kier alpha value is -1.15. The lowest BCUT2D eigenvalue weighted by Crippen LogP contribution is -2.42. The van der Waals surface area contributed by atoms with Crippen molar-refractivity contribution in [2.45, 2.75) is 30.7 Å². The van der Waals surface area contributed by atoms with Crippen molar-refractivity contribution in [3.05, 3.63) is 29.8 Å². The van der Waals surface area contributed by atoms with Crippen molar-refractivity contribution in [2.24, 2.45) is 17.4 Å². The minimum Gasteiger partial charge on any atom is -0.366 e. The molecule has 6 nitrogen and oxygen atoms in total. The Labute approximate surface area is 137 Å². The molecule has 1 fully saturated rings. The smallest absolute Gasteiger partial charge is 0.248 e. The number of piperidine rings is 1. The van der Waals surface area contributed by atoms with Gasteiger partial charge in [0.15, 0.2) is 0 Å². The number of primary amides is 1. The molecule has 1 aromatic carbocycles. The molecule has 8 heteroatoms. The predicted molar refractivity (Wildman–Crippen MR) is 87.3 cm³/mol. The number of carbonyl (C=O) groups excluding carboxylic acids is 1. The monoisotopic (exact) mass is 347 g/mol. The number of hydrogen-bond donors (Lipinski definition) is 2. The molecule has 1 atom stereocenters. The molecule has 1 aliphatic heterocycles. The van der Waals surface area contributed by atoms with E-state index >= 15 is 0 Å². The van der Waals surface area contributed by atoms with Crippen LogP contribution in [0.2, 0.25) is 0 Å². The Morgan fingerprint density at radius 2 is 1.91 bits per heavy atom. The Balaban J connectivity index is 0.00000242. The van der Waals surface area contributed by atoms with Gasteiger partial charge in [0.2, 0.25) is 15.9 Å². The Morgan fingerprint density at radius 1 is 1.32 bits per heavy atom. The zero-order chi connectivity index (χ0) is 15.6. The minimum absolute atomic E-state index is 0. The molecule has 0 saturated carbocycles. The quantitative estimate of drug-likeness (QED) is 0.845. The molecule has 0 aliphatic carbocycles. The number of amides is 1. The van der Waals surface area contributed by atoms with E-state index in [4.69, 9.17) is 11.5 Å². The van der Waals surface area contributed by atoms with E-state index in [1.807, 2.05) is 6.92 Å². The topological polar surface area (TPSA) is 106 Å². The first kappa shape index (κ1) is 18.9. The first-order valence-electron chi connectivity index (χ1n) is 6.98. The van der Waals surface area contributed by atoms with E-state index < -0.39 is 15.9 Å². The number of carbonyl (C=O) groups is 1. The van der Waals surface area contributed by atoms with Gasteiger partial charge >= 0.3 is 0 Å². The summed E-state index contributed by atoms with van der Waals surface area (Å²) in [6, 6.07) is 5.92. The summed E-state index contributed by atoms with van der Waals surface area (Å²) in [7, 11) is -3.58. The highest BCUT2D eigenvalue weighted by Crippen LogP contribution is 2.25. The summed E-state index contributed by atoms with van der Waals surface area (Å²) in [6.45, 7) is 2.86. The summed E-state index contributed by atoms with van der Waals surface area (Å²) in [4.78, 5) is 11.3. The zero-order valence-corrected chi connectivity index (χ0v) is 14.1. The van der Waals surface area contributed by atoms with Crippen LogP contribution in [-0.2, 0) is 10.0 Å². The van der Waals surface area contributed by atoms with Gasteiger partial charge < -0.3 is 11.5 Å². The van der Waals surface area contributed by atoms with Gasteiger partial charge in [0.05, 0.1) is 4.90 Å². The second-order valence-corrected chi connectivity index (χ2v) is 7.43. The van der Waals surface area contributed by atoms with Gasteiger partial charge in [-0.3, -0.25) is 4.79 Å². The molecule has 0 spiro atoms. The van der Waals surface area contributed by atoms with Gasteiger partial charge in [-0.2, -0.15) is 4.31 Å². The van der Waals surface area contributed by atoms with Crippen molar-refractivity contribution >= 4 is 28.3 Å². The van der Waals surface area contributed by atoms with E-state index in [2.05, 4.69) is 0 Å². The summed E-state index contributed by atoms with van der Waals surface area (Å²) >= 11 is 0. The number of halogens is 1. The van der Waals surface area contributed by atoms with E-state index in [0.29, 0.717) is 19.0 Å². The molecular weight excluding hydrogens is 326 g/mol. The average Bonchev–Trinajstić information content (AvgIpc) is 2.47. The van der Waals surface area contributed by atoms with Gasteiger partial charge in [-0.05, 0) is 43.9 Å². The fourth-order valence-corrected chi connectivity index (χ4v) is 4.12. The molecule has 4 N–H and O–H groups in total. The van der Waals surface area contributed by atoms with Gasteiger partial charge in [0.1, 0.15) is 0 Å². The third-order valence-electron chi connectivity index (χ3n) is 4.00. The van der Waals surface area contributed by atoms with E-state index in [1.54, 1.807) is 0 Å². The van der Waals surface area contributed by atoms with Crippen LogP contribution in [0.3, 0.4) is 0 Å². The van der Waals surface area contributed by atoms with Crippen molar-refractivity contribution in [2.75, 3.05) is 13.1 Å². The highest BCUT2D eigenvalue weighted by atomic mass is 35.5. The molecule has 1 saturated heterocycles. The summed E-state index contributed by atoms with van der Waals surface area (Å²) in [5, 5.41) is 0. The Kier molecular flexibility index (Phi) is 6.37. The summed E-state index contributed by atoms with van der Waals surface area (Å²) in [5.41, 5.74) is 11.3. The predicted octanol–water partition coefficient (Wildman–Crippen LogP) is 0.955. The number of nitrogens with two attached hydrogens (primary N) is 2. The molecule has 124 valence electrons. The Morgan fingerprint density at radius 3 is 2.41 bits per heavy atom. The van der Waals surface area contributed by atoms with Crippen LogP contribution in [0.5, 0.6) is 0 Å². The van der Waals surface area contributed by atoms with Gasteiger partial charge in [-0.1, -0.05) is 6.07 Å². The van der Waals surface area contributed by atoms with E-state index in [-0.39, 0.29) is 28.9 Å². The van der Waals surface area contributed by atoms with Crippen LogP contribution < -0.4 is 11.5 Å². The molecule has 1 aliphatic rings. The molecule has 1 amide bonds. The number of rotatable bonds is 4.